The topological polar surface area (TPSA) is 29.5 Å². The third-order valence-electron chi connectivity index (χ3n) is 3.71. The Bertz CT molecular complexity index is 495. The van der Waals surface area contributed by atoms with Gasteiger partial charge in [0.1, 0.15) is 0 Å². The Balaban J connectivity index is 1.66. The minimum absolute atomic E-state index is 0.138. The molecule has 0 aliphatic rings. The van der Waals surface area contributed by atoms with Crippen LogP contribution in [0.4, 0.5) is 0 Å². The normalized spacial score (nSPS) is 13.8. The van der Waals surface area contributed by atoms with Crippen molar-refractivity contribution in [1.82, 2.24) is 0 Å². The van der Waals surface area contributed by atoms with Gasteiger partial charge < -0.3 is 9.84 Å². The molecule has 2 aromatic carbocycles. The molecule has 21 heavy (non-hydrogen) atoms. The molecule has 0 unspecified atom stereocenters. The van der Waals surface area contributed by atoms with E-state index in [1.807, 2.05) is 43.3 Å². The second-order valence-electron chi connectivity index (χ2n) is 5.45. The van der Waals surface area contributed by atoms with Crippen LogP contribution in [-0.4, -0.2) is 17.3 Å². The van der Waals surface area contributed by atoms with Crippen LogP contribution < -0.4 is 0 Å². The van der Waals surface area contributed by atoms with E-state index in [4.69, 9.17) is 4.74 Å². The van der Waals surface area contributed by atoms with Gasteiger partial charge in [-0.25, -0.2) is 0 Å². The highest BCUT2D eigenvalue weighted by Gasteiger charge is 2.14. The number of rotatable bonds is 8. The summed E-state index contributed by atoms with van der Waals surface area (Å²) in [7, 11) is 0. The zero-order valence-electron chi connectivity index (χ0n) is 12.6. The number of benzene rings is 2. The number of aryl methyl sites for hydroxylation is 1. The molecule has 0 amide bonds. The van der Waals surface area contributed by atoms with Gasteiger partial charge in [0.2, 0.25) is 0 Å². The molecule has 0 aromatic heterocycles. The van der Waals surface area contributed by atoms with E-state index in [1.54, 1.807) is 0 Å². The molecule has 112 valence electrons. The molecule has 0 bridgehead atoms. The van der Waals surface area contributed by atoms with Crippen molar-refractivity contribution in [1.29, 1.82) is 0 Å². The molecule has 1 N–H and O–H groups in total. The van der Waals surface area contributed by atoms with Crippen LogP contribution in [0.15, 0.2) is 60.7 Å². The summed E-state index contributed by atoms with van der Waals surface area (Å²) in [6, 6.07) is 20.4. The summed E-state index contributed by atoms with van der Waals surface area (Å²) < 4.78 is 5.74. The van der Waals surface area contributed by atoms with Gasteiger partial charge in [0.05, 0.1) is 18.8 Å². The first-order valence-electron chi connectivity index (χ1n) is 7.63. The standard InChI is InChI=1S/C19H24O2/c1-16(21-15-18-11-6-3-7-12-18)19(20)14-8-13-17-9-4-2-5-10-17/h2-7,9-12,16,19-20H,8,13-15H2,1H3/t16-,19-/m0/s1. The highest BCUT2D eigenvalue weighted by Crippen LogP contribution is 2.12. The lowest BCUT2D eigenvalue weighted by Gasteiger charge is -2.19. The SMILES string of the molecule is C[C@H](OCc1ccccc1)[C@@H](O)CCCc1ccccc1. The van der Waals surface area contributed by atoms with E-state index in [1.165, 1.54) is 5.56 Å². The molecule has 0 aliphatic carbocycles. The quantitative estimate of drug-likeness (QED) is 0.794. The molecule has 0 radical (unpaired) electrons. The van der Waals surface area contributed by atoms with E-state index in [-0.39, 0.29) is 6.10 Å². The second kappa shape index (κ2) is 8.60. The maximum absolute atomic E-state index is 10.1. The largest absolute Gasteiger partial charge is 0.390 e. The maximum atomic E-state index is 10.1. The van der Waals surface area contributed by atoms with Crippen LogP contribution in [0, 0.1) is 0 Å². The Kier molecular flexibility index (Phi) is 6.45. The lowest BCUT2D eigenvalue weighted by atomic mass is 10.0. The maximum Gasteiger partial charge on any atom is 0.0810 e. The Morgan fingerprint density at radius 2 is 1.48 bits per heavy atom. The van der Waals surface area contributed by atoms with Crippen LogP contribution in [0.25, 0.3) is 0 Å². The lowest BCUT2D eigenvalue weighted by molar-refractivity contribution is -0.0385. The van der Waals surface area contributed by atoms with Crippen LogP contribution >= 0.6 is 0 Å². The first-order chi connectivity index (χ1) is 10.3. The van der Waals surface area contributed by atoms with Gasteiger partial charge in [0.25, 0.3) is 0 Å². The number of hydrogen-bond acceptors (Lipinski definition) is 2. The van der Waals surface area contributed by atoms with Gasteiger partial charge >= 0.3 is 0 Å². The van der Waals surface area contributed by atoms with Crippen LogP contribution in [-0.2, 0) is 17.8 Å². The number of aliphatic hydroxyl groups excluding tert-OH is 1. The van der Waals surface area contributed by atoms with Crippen molar-refractivity contribution in [3.8, 4) is 0 Å². The molecule has 0 aliphatic heterocycles. The minimum Gasteiger partial charge on any atom is -0.390 e. The molecular formula is C19H24O2. The predicted molar refractivity (Wildman–Crippen MR) is 86.1 cm³/mol. The van der Waals surface area contributed by atoms with Crippen molar-refractivity contribution < 1.29 is 9.84 Å². The Hall–Kier alpha value is -1.64. The molecule has 0 saturated carbocycles. The van der Waals surface area contributed by atoms with Gasteiger partial charge in [-0.15, -0.1) is 0 Å². The fraction of sp³-hybridized carbons (Fsp3) is 0.368. The second-order valence-corrected chi connectivity index (χ2v) is 5.45. The zero-order valence-corrected chi connectivity index (χ0v) is 12.6. The van der Waals surface area contributed by atoms with Gasteiger partial charge in [-0.2, -0.15) is 0 Å². The molecule has 2 nitrogen and oxygen atoms in total. The summed E-state index contributed by atoms with van der Waals surface area (Å²) >= 11 is 0. The Labute approximate surface area is 127 Å². The molecule has 0 fully saturated rings. The number of aliphatic hydroxyl groups is 1. The summed E-state index contributed by atoms with van der Waals surface area (Å²) in [5, 5.41) is 10.1. The zero-order chi connectivity index (χ0) is 14.9. The van der Waals surface area contributed by atoms with E-state index >= 15 is 0 Å². The summed E-state index contributed by atoms with van der Waals surface area (Å²) in [5.74, 6) is 0. The molecule has 2 aromatic rings. The highest BCUT2D eigenvalue weighted by atomic mass is 16.5. The molecular weight excluding hydrogens is 260 g/mol. The van der Waals surface area contributed by atoms with Crippen LogP contribution in [0.2, 0.25) is 0 Å². The van der Waals surface area contributed by atoms with Crippen molar-refractivity contribution in [2.75, 3.05) is 0 Å². The monoisotopic (exact) mass is 284 g/mol. The molecule has 2 rings (SSSR count). The van der Waals surface area contributed by atoms with Crippen LogP contribution in [0.5, 0.6) is 0 Å². The van der Waals surface area contributed by atoms with E-state index in [9.17, 15) is 5.11 Å². The van der Waals surface area contributed by atoms with E-state index in [0.29, 0.717) is 6.61 Å². The summed E-state index contributed by atoms with van der Waals surface area (Å²) in [6.45, 7) is 2.49. The first kappa shape index (κ1) is 15.7. The van der Waals surface area contributed by atoms with Gasteiger partial charge in [0, 0.05) is 0 Å². The summed E-state index contributed by atoms with van der Waals surface area (Å²) in [6.07, 6.45) is 2.21. The van der Waals surface area contributed by atoms with Crippen LogP contribution in [0.1, 0.15) is 30.9 Å². The predicted octanol–water partition coefficient (Wildman–Crippen LogP) is 3.98. The fourth-order valence-corrected chi connectivity index (χ4v) is 2.31. The van der Waals surface area contributed by atoms with Crippen molar-refractivity contribution in [3.05, 3.63) is 71.8 Å². The Morgan fingerprint density at radius 1 is 0.905 bits per heavy atom. The molecule has 0 spiro atoms. The first-order valence-corrected chi connectivity index (χ1v) is 7.63. The van der Waals surface area contributed by atoms with Gasteiger partial charge in [-0.3, -0.25) is 0 Å². The Morgan fingerprint density at radius 3 is 2.10 bits per heavy atom. The lowest BCUT2D eigenvalue weighted by Crippen LogP contribution is -2.26. The molecule has 0 saturated heterocycles. The van der Waals surface area contributed by atoms with Crippen molar-refractivity contribution >= 4 is 0 Å². The smallest absolute Gasteiger partial charge is 0.0810 e. The van der Waals surface area contributed by atoms with E-state index in [0.717, 1.165) is 24.8 Å². The molecule has 0 heterocycles. The van der Waals surface area contributed by atoms with Crippen molar-refractivity contribution in [3.63, 3.8) is 0 Å². The van der Waals surface area contributed by atoms with E-state index < -0.39 is 6.10 Å². The van der Waals surface area contributed by atoms with Gasteiger partial charge in [-0.1, -0.05) is 60.7 Å². The fourth-order valence-electron chi connectivity index (χ4n) is 2.31. The van der Waals surface area contributed by atoms with Crippen LogP contribution in [0.3, 0.4) is 0 Å². The minimum atomic E-state index is -0.405. The third-order valence-corrected chi connectivity index (χ3v) is 3.71. The van der Waals surface area contributed by atoms with E-state index in [2.05, 4.69) is 24.3 Å². The number of hydrogen-bond donors (Lipinski definition) is 1. The molecule has 2 heteroatoms. The third kappa shape index (κ3) is 5.70. The van der Waals surface area contributed by atoms with Crippen molar-refractivity contribution in [2.45, 2.75) is 45.0 Å². The van der Waals surface area contributed by atoms with Gasteiger partial charge in [-0.05, 0) is 37.3 Å². The van der Waals surface area contributed by atoms with Gasteiger partial charge in [0.15, 0.2) is 0 Å². The van der Waals surface area contributed by atoms with Crippen molar-refractivity contribution in [2.24, 2.45) is 0 Å². The average molecular weight is 284 g/mol. The summed E-state index contributed by atoms with van der Waals surface area (Å²) in [4.78, 5) is 0. The molecule has 2 atom stereocenters. The average Bonchev–Trinajstić information content (AvgIpc) is 2.54. The number of ether oxygens (including phenoxy) is 1. The highest BCUT2D eigenvalue weighted by molar-refractivity contribution is 5.14. The summed E-state index contributed by atoms with van der Waals surface area (Å²) in [5.41, 5.74) is 2.46.